The molecule has 0 atom stereocenters. The molecule has 0 aliphatic carbocycles. The number of nitrogens with one attached hydrogen (secondary N) is 2. The molecule has 0 saturated carbocycles. The largest absolute Gasteiger partial charge is 0.476 e. The van der Waals surface area contributed by atoms with Crippen LogP contribution in [-0.2, 0) is 4.74 Å². The van der Waals surface area contributed by atoms with E-state index in [1.54, 1.807) is 0 Å². The van der Waals surface area contributed by atoms with E-state index in [4.69, 9.17) is 10.8 Å². The Kier molecular flexibility index (Phi) is 5.08. The summed E-state index contributed by atoms with van der Waals surface area (Å²) in [6.07, 6.45) is 0.357. The van der Waals surface area contributed by atoms with Gasteiger partial charge in [-0.1, -0.05) is 0 Å². The van der Waals surface area contributed by atoms with Gasteiger partial charge in [0.05, 0.1) is 12.2 Å². The minimum Gasteiger partial charge on any atom is -0.476 e. The molecule has 0 bridgehead atoms. The number of urea groups is 1. The molecule has 102 valence electrons. The Bertz CT molecular complexity index is 491. The van der Waals surface area contributed by atoms with E-state index in [9.17, 15) is 14.4 Å². The van der Waals surface area contributed by atoms with Gasteiger partial charge in [-0.2, -0.15) is 0 Å². The van der Waals surface area contributed by atoms with Crippen LogP contribution in [0.3, 0.4) is 0 Å². The average molecular weight is 268 g/mol. The highest BCUT2D eigenvalue weighted by molar-refractivity contribution is 5.98. The summed E-state index contributed by atoms with van der Waals surface area (Å²) < 4.78 is 4.39. The van der Waals surface area contributed by atoms with Crippen molar-refractivity contribution in [3.8, 4) is 0 Å². The van der Waals surface area contributed by atoms with E-state index in [0.717, 1.165) is 0 Å². The van der Waals surface area contributed by atoms with E-state index in [1.165, 1.54) is 18.3 Å². The van der Waals surface area contributed by atoms with Gasteiger partial charge in [-0.05, 0) is 12.1 Å². The lowest BCUT2D eigenvalue weighted by atomic mass is 10.3. The molecule has 3 amide bonds. The molecular formula is C10H12N4O5. The van der Waals surface area contributed by atoms with Crippen LogP contribution < -0.4 is 16.4 Å². The number of carbonyl (C=O) groups excluding carboxylic acids is 2. The van der Waals surface area contributed by atoms with E-state index in [2.05, 4.69) is 20.4 Å². The van der Waals surface area contributed by atoms with Crippen LogP contribution in [0.4, 0.5) is 15.3 Å². The van der Waals surface area contributed by atoms with Crippen molar-refractivity contribution in [2.45, 2.75) is 0 Å². The number of amides is 3. The van der Waals surface area contributed by atoms with Gasteiger partial charge in [0.2, 0.25) is 0 Å². The Hall–Kier alpha value is -2.84. The summed E-state index contributed by atoms with van der Waals surface area (Å²) >= 11 is 0. The van der Waals surface area contributed by atoms with Crippen LogP contribution in [-0.4, -0.2) is 41.3 Å². The number of rotatable bonds is 5. The lowest BCUT2D eigenvalue weighted by Gasteiger charge is -2.08. The molecule has 0 aromatic carbocycles. The summed E-state index contributed by atoms with van der Waals surface area (Å²) in [5.41, 5.74) is 4.51. The van der Waals surface area contributed by atoms with Gasteiger partial charge in [-0.25, -0.2) is 19.4 Å². The molecule has 19 heavy (non-hydrogen) atoms. The van der Waals surface area contributed by atoms with Crippen LogP contribution in [0.25, 0.3) is 0 Å². The maximum Gasteiger partial charge on any atom is 0.404 e. The number of carboxylic acids is 1. The molecule has 1 heterocycles. The second-order valence-electron chi connectivity index (χ2n) is 3.25. The predicted octanol–water partition coefficient (Wildman–Crippen LogP) is -0.00340. The zero-order valence-corrected chi connectivity index (χ0v) is 9.75. The highest BCUT2D eigenvalue weighted by atomic mass is 16.5. The number of nitrogens with two attached hydrogens (primary N) is 1. The van der Waals surface area contributed by atoms with Gasteiger partial charge in [0.1, 0.15) is 6.61 Å². The smallest absolute Gasteiger partial charge is 0.404 e. The zero-order valence-electron chi connectivity index (χ0n) is 9.75. The number of ether oxygens (including phenoxy) is 1. The minimum atomic E-state index is -1.26. The number of hydrogen-bond acceptors (Lipinski definition) is 5. The summed E-state index contributed by atoms with van der Waals surface area (Å²) in [4.78, 5) is 36.1. The quantitative estimate of drug-likeness (QED) is 0.553. The van der Waals surface area contributed by atoms with Gasteiger partial charge in [-0.3, -0.25) is 0 Å². The first-order valence-corrected chi connectivity index (χ1v) is 5.16. The SMILES string of the molecule is NC(=O)OCCNC(=O)Nc1cccnc1C(=O)O. The number of aromatic carboxylic acids is 1. The van der Waals surface area contributed by atoms with Gasteiger partial charge in [0.15, 0.2) is 5.69 Å². The maximum absolute atomic E-state index is 11.4. The summed E-state index contributed by atoms with van der Waals surface area (Å²) in [6.45, 7) is -0.0426. The molecule has 0 spiro atoms. The molecule has 1 aromatic heterocycles. The van der Waals surface area contributed by atoms with Gasteiger partial charge in [0.25, 0.3) is 0 Å². The third-order valence-corrected chi connectivity index (χ3v) is 1.89. The van der Waals surface area contributed by atoms with E-state index in [-0.39, 0.29) is 24.5 Å². The van der Waals surface area contributed by atoms with E-state index >= 15 is 0 Å². The normalized spacial score (nSPS) is 9.47. The van der Waals surface area contributed by atoms with Crippen molar-refractivity contribution in [2.24, 2.45) is 5.73 Å². The maximum atomic E-state index is 11.4. The van der Waals surface area contributed by atoms with Gasteiger partial charge < -0.3 is 26.2 Å². The predicted molar refractivity (Wildman–Crippen MR) is 63.8 cm³/mol. The van der Waals surface area contributed by atoms with Crippen LogP contribution in [0, 0.1) is 0 Å². The fraction of sp³-hybridized carbons (Fsp3) is 0.200. The highest BCUT2D eigenvalue weighted by Gasteiger charge is 2.12. The zero-order chi connectivity index (χ0) is 14.3. The van der Waals surface area contributed by atoms with Crippen molar-refractivity contribution in [3.05, 3.63) is 24.0 Å². The summed E-state index contributed by atoms with van der Waals surface area (Å²) in [6, 6.07) is 2.23. The van der Waals surface area contributed by atoms with Crippen molar-refractivity contribution in [2.75, 3.05) is 18.5 Å². The first-order valence-electron chi connectivity index (χ1n) is 5.16. The molecule has 1 rings (SSSR count). The first kappa shape index (κ1) is 14.2. The van der Waals surface area contributed by atoms with Crippen molar-refractivity contribution in [3.63, 3.8) is 0 Å². The molecule has 5 N–H and O–H groups in total. The number of primary amides is 1. The van der Waals surface area contributed by atoms with Crippen LogP contribution in [0.15, 0.2) is 18.3 Å². The van der Waals surface area contributed by atoms with E-state index < -0.39 is 18.1 Å². The van der Waals surface area contributed by atoms with Gasteiger partial charge >= 0.3 is 18.1 Å². The second kappa shape index (κ2) is 6.79. The van der Waals surface area contributed by atoms with Crippen molar-refractivity contribution in [1.82, 2.24) is 10.3 Å². The molecule has 0 saturated heterocycles. The minimum absolute atomic E-state index is 0.0391. The topological polar surface area (TPSA) is 144 Å². The Morgan fingerprint density at radius 2 is 2.16 bits per heavy atom. The Morgan fingerprint density at radius 3 is 2.79 bits per heavy atom. The molecule has 1 aromatic rings. The third kappa shape index (κ3) is 4.89. The number of nitrogens with zero attached hydrogens (tertiary/aromatic N) is 1. The molecule has 0 unspecified atom stereocenters. The second-order valence-corrected chi connectivity index (χ2v) is 3.25. The monoisotopic (exact) mass is 268 g/mol. The van der Waals surface area contributed by atoms with Crippen LogP contribution in [0.2, 0.25) is 0 Å². The fourth-order valence-corrected chi connectivity index (χ4v) is 1.16. The molecule has 0 fully saturated rings. The average Bonchev–Trinajstić information content (AvgIpc) is 2.35. The Balaban J connectivity index is 2.48. The van der Waals surface area contributed by atoms with Gasteiger partial charge in [0, 0.05) is 6.20 Å². The van der Waals surface area contributed by atoms with Crippen LogP contribution in [0.1, 0.15) is 10.5 Å². The number of carboxylic acid groups (broad SMARTS) is 1. The third-order valence-electron chi connectivity index (χ3n) is 1.89. The molecule has 9 nitrogen and oxygen atoms in total. The van der Waals surface area contributed by atoms with Crippen molar-refractivity contribution < 1.29 is 24.2 Å². The lowest BCUT2D eigenvalue weighted by Crippen LogP contribution is -2.33. The molecule has 0 aliphatic heterocycles. The van der Waals surface area contributed by atoms with Gasteiger partial charge in [-0.15, -0.1) is 0 Å². The van der Waals surface area contributed by atoms with E-state index in [0.29, 0.717) is 0 Å². The number of carbonyl (C=O) groups is 3. The standard InChI is InChI=1S/C10H12N4O5/c11-9(17)19-5-4-13-10(18)14-6-2-1-3-12-7(6)8(15)16/h1-3H,4-5H2,(H2,11,17)(H,15,16)(H2,13,14,18). The van der Waals surface area contributed by atoms with Crippen molar-refractivity contribution >= 4 is 23.8 Å². The van der Waals surface area contributed by atoms with Crippen molar-refractivity contribution in [1.29, 1.82) is 0 Å². The number of anilines is 1. The summed E-state index contributed by atoms with van der Waals surface area (Å²) in [5.74, 6) is -1.26. The summed E-state index contributed by atoms with van der Waals surface area (Å²) in [7, 11) is 0. The number of aromatic nitrogens is 1. The molecule has 9 heteroatoms. The number of hydrogen-bond donors (Lipinski definition) is 4. The summed E-state index contributed by atoms with van der Waals surface area (Å²) in [5, 5.41) is 13.5. The molecule has 0 aliphatic rings. The Labute approximate surface area is 107 Å². The molecule has 0 radical (unpaired) electrons. The van der Waals surface area contributed by atoms with Crippen LogP contribution in [0.5, 0.6) is 0 Å². The first-order chi connectivity index (χ1) is 9.00. The Morgan fingerprint density at radius 1 is 1.42 bits per heavy atom. The number of pyridine rings is 1. The highest BCUT2D eigenvalue weighted by Crippen LogP contribution is 2.11. The van der Waals surface area contributed by atoms with Crippen LogP contribution >= 0.6 is 0 Å². The lowest BCUT2D eigenvalue weighted by molar-refractivity contribution is 0.0691. The van der Waals surface area contributed by atoms with E-state index in [1.807, 2.05) is 0 Å². The molecular weight excluding hydrogens is 256 g/mol. The fourth-order valence-electron chi connectivity index (χ4n) is 1.16.